The summed E-state index contributed by atoms with van der Waals surface area (Å²) >= 11 is -0.826. The Kier molecular flexibility index (Phi) is 18.4. The zero-order valence-electron chi connectivity index (χ0n) is 33.7. The number of hydrogen-bond donors (Lipinski definition) is 0. The van der Waals surface area contributed by atoms with Gasteiger partial charge < -0.3 is 0 Å². The summed E-state index contributed by atoms with van der Waals surface area (Å²) in [6.07, 6.45) is 2.14. The van der Waals surface area contributed by atoms with Gasteiger partial charge in [-0.3, -0.25) is 0 Å². The van der Waals surface area contributed by atoms with Crippen LogP contribution < -0.4 is 0 Å². The molecule has 0 unspecified atom stereocenters. The van der Waals surface area contributed by atoms with Crippen molar-refractivity contribution in [1.82, 2.24) is 0 Å². The van der Waals surface area contributed by atoms with Crippen molar-refractivity contribution in [2.24, 2.45) is 0 Å². The predicted molar refractivity (Wildman–Crippen MR) is 234 cm³/mol. The van der Waals surface area contributed by atoms with Crippen LogP contribution in [0.5, 0.6) is 0 Å². The second kappa shape index (κ2) is 21.6. The van der Waals surface area contributed by atoms with Gasteiger partial charge in [-0.1, -0.05) is 153 Å². The molecule has 0 aliphatic rings. The molecule has 0 aliphatic heterocycles. The summed E-state index contributed by atoms with van der Waals surface area (Å²) < 4.78 is 0. The molecule has 6 aromatic carbocycles. The fraction of sp³-hybridized carbons (Fsp3) is 0.375. The van der Waals surface area contributed by atoms with Gasteiger partial charge in [-0.2, -0.15) is 12.1 Å². The average molecular weight is 827 g/mol. The van der Waals surface area contributed by atoms with Gasteiger partial charge in [0.1, 0.15) is 0 Å². The zero-order chi connectivity index (χ0) is 38.5. The molecular formula is C48H60Cl2SiZr. The molecular weight excluding hydrogens is 767 g/mol. The summed E-state index contributed by atoms with van der Waals surface area (Å²) in [6.45, 7) is 27.1. The van der Waals surface area contributed by atoms with Crippen LogP contribution in [-0.4, -0.2) is 9.52 Å². The van der Waals surface area contributed by atoms with Crippen LogP contribution in [0.2, 0.25) is 13.1 Å². The predicted octanol–water partition coefficient (Wildman–Crippen LogP) is 16.2. The van der Waals surface area contributed by atoms with Crippen molar-refractivity contribution in [3.63, 3.8) is 0 Å². The second-order valence-electron chi connectivity index (χ2n) is 14.9. The summed E-state index contributed by atoms with van der Waals surface area (Å²) in [5.41, 5.74) is 14.4. The molecule has 0 nitrogen and oxygen atoms in total. The van der Waals surface area contributed by atoms with E-state index in [4.69, 9.17) is 17.0 Å². The molecule has 0 atom stereocenters. The second-order valence-corrected chi connectivity index (χ2v) is 19.6. The van der Waals surface area contributed by atoms with Crippen molar-refractivity contribution in [1.29, 1.82) is 0 Å². The van der Waals surface area contributed by atoms with Crippen molar-refractivity contribution in [2.75, 3.05) is 0 Å². The van der Waals surface area contributed by atoms with E-state index in [9.17, 15) is 0 Å². The van der Waals surface area contributed by atoms with Crippen LogP contribution in [0.4, 0.5) is 0 Å². The van der Waals surface area contributed by atoms with E-state index in [1.54, 1.807) is 0 Å². The van der Waals surface area contributed by atoms with E-state index in [0.717, 1.165) is 22.4 Å². The molecule has 2 radical (unpaired) electrons. The summed E-state index contributed by atoms with van der Waals surface area (Å²) in [4.78, 5) is 0. The van der Waals surface area contributed by atoms with Gasteiger partial charge in [0.25, 0.3) is 0 Å². The number of benzene rings is 4. The summed E-state index contributed by atoms with van der Waals surface area (Å²) in [7, 11) is 11.0. The maximum atomic E-state index is 4.93. The van der Waals surface area contributed by atoms with E-state index < -0.39 is 20.8 Å². The minimum atomic E-state index is -0.826. The molecule has 0 heterocycles. The van der Waals surface area contributed by atoms with E-state index in [1.807, 2.05) is 0 Å². The van der Waals surface area contributed by atoms with Crippen LogP contribution in [0.15, 0.2) is 97.1 Å². The van der Waals surface area contributed by atoms with E-state index in [-0.39, 0.29) is 0 Å². The average Bonchev–Trinajstić information content (AvgIpc) is 3.77. The Balaban J connectivity index is 0.000000244. The molecule has 274 valence electrons. The van der Waals surface area contributed by atoms with Gasteiger partial charge in [0.05, 0.1) is 0 Å². The summed E-state index contributed by atoms with van der Waals surface area (Å²) in [5.74, 6) is 2.19. The number of halogens is 2. The zero-order valence-corrected chi connectivity index (χ0v) is 38.7. The normalized spacial score (nSPS) is 11.0. The van der Waals surface area contributed by atoms with Gasteiger partial charge in [0, 0.05) is 9.52 Å². The number of rotatable bonds is 8. The number of fused-ring (bicyclic) bond motifs is 2. The van der Waals surface area contributed by atoms with Gasteiger partial charge in [-0.25, -0.2) is 0 Å². The monoisotopic (exact) mass is 824 g/mol. The van der Waals surface area contributed by atoms with E-state index in [0.29, 0.717) is 23.7 Å². The molecule has 52 heavy (non-hydrogen) atoms. The van der Waals surface area contributed by atoms with Crippen LogP contribution in [0.1, 0.15) is 126 Å². The van der Waals surface area contributed by atoms with Gasteiger partial charge in [0.2, 0.25) is 0 Å². The molecule has 0 aromatic heterocycles. The molecule has 0 N–H and O–H groups in total. The van der Waals surface area contributed by atoms with Crippen molar-refractivity contribution in [3.8, 4) is 22.3 Å². The molecule has 6 rings (SSSR count). The first-order valence-corrected chi connectivity index (χ1v) is 27.4. The maximum absolute atomic E-state index is 4.93. The van der Waals surface area contributed by atoms with Gasteiger partial charge in [0.15, 0.2) is 0 Å². The molecule has 0 bridgehead atoms. The third-order valence-corrected chi connectivity index (χ3v) is 9.80. The molecule has 0 amide bonds. The van der Waals surface area contributed by atoms with Crippen molar-refractivity contribution in [2.45, 2.75) is 119 Å². The Bertz CT molecular complexity index is 1830. The molecule has 4 heteroatoms. The van der Waals surface area contributed by atoms with Gasteiger partial charge in [-0.15, -0.1) is 69.1 Å². The standard InChI is InChI=1S/2C23H27.C2H6Si.2ClH.Zr/c2*1-6-17-9-7-8-10-21(17)23-20(16(4)5)12-11-18-13-19(15(2)3)14-22(18)23;1-3-2;;;/h2*7-16H,6H2,1-5H3;1-2H3;2*1H;/q2*-1;;;;+4/p-2. The molecule has 0 spiro atoms. The molecule has 0 saturated heterocycles. The van der Waals surface area contributed by atoms with Crippen molar-refractivity contribution < 1.29 is 20.8 Å². The number of aryl methyl sites for hydroxylation is 2. The summed E-state index contributed by atoms with van der Waals surface area (Å²) in [5, 5.41) is 5.58. The van der Waals surface area contributed by atoms with Crippen LogP contribution in [0, 0.1) is 0 Å². The third-order valence-electron chi connectivity index (χ3n) is 9.80. The van der Waals surface area contributed by atoms with E-state index >= 15 is 0 Å². The Hall–Kier alpha value is -2.22. The first-order valence-electron chi connectivity index (χ1n) is 19.1. The topological polar surface area (TPSA) is 0 Å². The Morgan fingerprint density at radius 2 is 0.865 bits per heavy atom. The minimum absolute atomic E-state index is 0.525. The van der Waals surface area contributed by atoms with Gasteiger partial charge >= 0.3 is 37.9 Å². The number of hydrogen-bond acceptors (Lipinski definition) is 0. The van der Waals surface area contributed by atoms with E-state index in [2.05, 4.69) is 179 Å². The van der Waals surface area contributed by atoms with Gasteiger partial charge in [-0.05, 0) is 58.8 Å². The molecule has 0 fully saturated rings. The fourth-order valence-electron chi connectivity index (χ4n) is 7.02. The Morgan fingerprint density at radius 1 is 0.538 bits per heavy atom. The van der Waals surface area contributed by atoms with Crippen LogP contribution in [0.3, 0.4) is 0 Å². The molecule has 0 aliphatic carbocycles. The fourth-order valence-corrected chi connectivity index (χ4v) is 7.02. The van der Waals surface area contributed by atoms with Crippen LogP contribution >= 0.6 is 17.0 Å². The first kappa shape index (κ1) is 44.2. The third kappa shape index (κ3) is 10.9. The first-order chi connectivity index (χ1) is 24.9. The van der Waals surface area contributed by atoms with Crippen molar-refractivity contribution >= 4 is 48.1 Å². The molecule has 6 aromatic rings. The van der Waals surface area contributed by atoms with Crippen LogP contribution in [0.25, 0.3) is 43.8 Å². The quantitative estimate of drug-likeness (QED) is 0.106. The molecule has 0 saturated carbocycles. The van der Waals surface area contributed by atoms with Crippen molar-refractivity contribution in [3.05, 3.63) is 130 Å². The van der Waals surface area contributed by atoms with Crippen LogP contribution in [-0.2, 0) is 33.7 Å². The Labute approximate surface area is 338 Å². The summed E-state index contributed by atoms with van der Waals surface area (Å²) in [6, 6.07) is 36.6. The SMILES string of the molecule is CCc1ccccc1-c1c(C(C)C)ccc2[cH-]c(C(C)C)cc12.CCc1ccccc1-c1c(C(C)C)ccc2[cH-]c(C(C)C)cc12.C[Si]C.[Cl][Zr+2][Cl]. The van der Waals surface area contributed by atoms with E-state index in [1.165, 1.54) is 77.2 Å². The Morgan fingerprint density at radius 3 is 1.15 bits per heavy atom.